The summed E-state index contributed by atoms with van der Waals surface area (Å²) >= 11 is 0. The zero-order chi connectivity index (χ0) is 17.0. The molecule has 0 atom stereocenters. The van der Waals surface area contributed by atoms with Crippen LogP contribution in [0.5, 0.6) is 0 Å². The van der Waals surface area contributed by atoms with Gasteiger partial charge in [-0.25, -0.2) is 4.39 Å². The van der Waals surface area contributed by atoms with Gasteiger partial charge in [-0.2, -0.15) is 52.7 Å². The van der Waals surface area contributed by atoms with Gasteiger partial charge in [0.25, 0.3) is 0 Å². The molecule has 0 saturated carbocycles. The zero-order valence-electron chi connectivity index (χ0n) is 8.62. The highest BCUT2D eigenvalue weighted by Gasteiger charge is 2.92. The van der Waals surface area contributed by atoms with Crippen LogP contribution in [0.25, 0.3) is 0 Å². The Morgan fingerprint density at radius 1 is 0.450 bits per heavy atom. The monoisotopic (exact) mass is 333 g/mol. The summed E-state index contributed by atoms with van der Waals surface area (Å²) in [5.41, 5.74) is -7.89. The summed E-state index contributed by atoms with van der Waals surface area (Å²) in [6.45, 7) is 1.02. The number of halogens is 13. The average Bonchev–Trinajstić information content (AvgIpc) is 2.10. The van der Waals surface area contributed by atoms with Crippen LogP contribution in [0.3, 0.4) is 0 Å². The summed E-state index contributed by atoms with van der Waals surface area (Å²) in [6.07, 6.45) is -15.3. The van der Waals surface area contributed by atoms with Gasteiger partial charge in [-0.1, -0.05) is 0 Å². The first kappa shape index (κ1) is 19.1. The van der Waals surface area contributed by atoms with Crippen molar-refractivity contribution in [2.24, 2.45) is 0 Å². The van der Waals surface area contributed by atoms with E-state index in [1.165, 1.54) is 0 Å². The van der Waals surface area contributed by atoms with E-state index in [0.29, 0.717) is 0 Å². The minimum Gasteiger partial charge on any atom is -0.216 e. The van der Waals surface area contributed by atoms with Crippen molar-refractivity contribution in [3.8, 4) is 0 Å². The van der Waals surface area contributed by atoms with Crippen molar-refractivity contribution in [3.05, 3.63) is 6.92 Å². The highest BCUT2D eigenvalue weighted by Crippen LogP contribution is 2.61. The van der Waals surface area contributed by atoms with Gasteiger partial charge in [0.1, 0.15) is 0 Å². The van der Waals surface area contributed by atoms with Crippen LogP contribution in [0, 0.1) is 6.92 Å². The molecule has 0 amide bonds. The maximum absolute atomic E-state index is 12.8. The van der Waals surface area contributed by atoms with E-state index in [-0.39, 0.29) is 0 Å². The van der Waals surface area contributed by atoms with E-state index in [9.17, 15) is 57.1 Å². The van der Waals surface area contributed by atoms with Crippen LogP contribution in [0.4, 0.5) is 57.1 Å². The summed E-state index contributed by atoms with van der Waals surface area (Å²) in [6, 6.07) is 0. The second-order valence-corrected chi connectivity index (χ2v) is 3.51. The van der Waals surface area contributed by atoms with Crippen molar-refractivity contribution in [1.29, 1.82) is 0 Å². The van der Waals surface area contributed by atoms with Crippen molar-refractivity contribution < 1.29 is 57.1 Å². The van der Waals surface area contributed by atoms with Crippen LogP contribution < -0.4 is 0 Å². The van der Waals surface area contributed by atoms with E-state index in [1.807, 2.05) is 0 Å². The summed E-state index contributed by atoms with van der Waals surface area (Å²) in [4.78, 5) is 0. The van der Waals surface area contributed by atoms with Gasteiger partial charge < -0.3 is 0 Å². The van der Waals surface area contributed by atoms with Gasteiger partial charge >= 0.3 is 35.8 Å². The molecule has 0 aromatic rings. The van der Waals surface area contributed by atoms with Gasteiger partial charge in [0.2, 0.25) is 0 Å². The van der Waals surface area contributed by atoms with Gasteiger partial charge in [-0.3, -0.25) is 0 Å². The molecule has 0 unspecified atom stereocenters. The van der Waals surface area contributed by atoms with Crippen molar-refractivity contribution in [3.63, 3.8) is 0 Å². The molecular weight excluding hydrogens is 331 g/mol. The average molecular weight is 333 g/mol. The largest absolute Gasteiger partial charge is 0.438 e. The molecule has 0 aromatic heterocycles. The lowest BCUT2D eigenvalue weighted by Crippen LogP contribution is -2.73. The SMILES string of the molecule is [CH2]C(F)(F)C(F)(F)C(F)(F)C(F)(C(F)(F)F)C(F)(F)F. The van der Waals surface area contributed by atoms with Crippen LogP contribution >= 0.6 is 0 Å². The number of rotatable bonds is 3. The number of hydrogen-bond acceptors (Lipinski definition) is 0. The first-order chi connectivity index (χ1) is 8.25. The van der Waals surface area contributed by atoms with E-state index in [2.05, 4.69) is 0 Å². The number of hydrogen-bond donors (Lipinski definition) is 0. The van der Waals surface area contributed by atoms with E-state index >= 15 is 0 Å². The minimum absolute atomic E-state index is 1.02. The molecule has 0 fully saturated rings. The Bertz CT molecular complexity index is 338. The van der Waals surface area contributed by atoms with Crippen molar-refractivity contribution in [2.45, 2.75) is 35.8 Å². The minimum atomic E-state index is -7.89. The predicted octanol–water partition coefficient (Wildman–Crippen LogP) is 4.56. The van der Waals surface area contributed by atoms with E-state index in [4.69, 9.17) is 0 Å². The molecule has 0 rings (SSSR count). The Labute approximate surface area is 101 Å². The molecule has 0 spiro atoms. The fraction of sp³-hybridized carbons (Fsp3) is 0.857. The van der Waals surface area contributed by atoms with Crippen molar-refractivity contribution >= 4 is 0 Å². The Hall–Kier alpha value is -0.910. The smallest absolute Gasteiger partial charge is 0.216 e. The van der Waals surface area contributed by atoms with Gasteiger partial charge in [-0.15, -0.1) is 0 Å². The molecule has 1 radical (unpaired) electrons. The lowest BCUT2D eigenvalue weighted by atomic mass is 9.88. The van der Waals surface area contributed by atoms with E-state index < -0.39 is 35.8 Å². The van der Waals surface area contributed by atoms with Crippen LogP contribution in [0.1, 0.15) is 0 Å². The Balaban J connectivity index is 6.38. The standard InChI is InChI=1S/C7H2F13/c1-2(8,9)4(11,12)5(13,14)3(10,6(15,16)17)7(18,19)20/h1H2. The zero-order valence-corrected chi connectivity index (χ0v) is 8.62. The summed E-state index contributed by atoms with van der Waals surface area (Å²) in [7, 11) is 0. The quantitative estimate of drug-likeness (QED) is 0.665. The van der Waals surface area contributed by atoms with Crippen LogP contribution in [-0.2, 0) is 0 Å². The molecule has 13 heteroatoms. The molecule has 20 heavy (non-hydrogen) atoms. The Kier molecular flexibility index (Phi) is 4.10. The second kappa shape index (κ2) is 4.29. The van der Waals surface area contributed by atoms with E-state index in [1.54, 1.807) is 0 Å². The lowest BCUT2D eigenvalue weighted by molar-refractivity contribution is -0.441. The first-order valence-corrected chi connectivity index (χ1v) is 4.06. The molecule has 0 aliphatic carbocycles. The van der Waals surface area contributed by atoms with E-state index in [0.717, 1.165) is 6.92 Å². The summed E-state index contributed by atoms with van der Waals surface area (Å²) in [5.74, 6) is -21.5. The normalized spacial score (nSPS) is 16.5. The molecule has 0 aromatic carbocycles. The third kappa shape index (κ3) is 2.28. The molecule has 0 saturated heterocycles. The van der Waals surface area contributed by atoms with Gasteiger partial charge in [-0.05, 0) is 0 Å². The molecule has 0 bridgehead atoms. The van der Waals surface area contributed by atoms with Crippen molar-refractivity contribution in [1.82, 2.24) is 0 Å². The van der Waals surface area contributed by atoms with Gasteiger partial charge in [0, 0.05) is 6.92 Å². The third-order valence-corrected chi connectivity index (χ3v) is 2.07. The first-order valence-electron chi connectivity index (χ1n) is 4.06. The highest BCUT2D eigenvalue weighted by atomic mass is 19.4. The molecule has 0 N–H and O–H groups in total. The van der Waals surface area contributed by atoms with Crippen LogP contribution in [0.15, 0.2) is 0 Å². The predicted molar refractivity (Wildman–Crippen MR) is 36.1 cm³/mol. The Morgan fingerprint density at radius 3 is 0.850 bits per heavy atom. The molecule has 0 nitrogen and oxygen atoms in total. The highest BCUT2D eigenvalue weighted by molar-refractivity contribution is 5.14. The van der Waals surface area contributed by atoms with Crippen LogP contribution in [0.2, 0.25) is 0 Å². The fourth-order valence-corrected chi connectivity index (χ4v) is 0.963. The topological polar surface area (TPSA) is 0 Å². The molecule has 0 heterocycles. The summed E-state index contributed by atoms with van der Waals surface area (Å²) in [5, 5.41) is 0. The van der Waals surface area contributed by atoms with Crippen LogP contribution in [-0.4, -0.2) is 35.8 Å². The van der Waals surface area contributed by atoms with Gasteiger partial charge in [0.05, 0.1) is 0 Å². The maximum atomic E-state index is 12.8. The van der Waals surface area contributed by atoms with Crippen molar-refractivity contribution in [2.75, 3.05) is 0 Å². The summed E-state index contributed by atoms with van der Waals surface area (Å²) < 4.78 is 158. The second-order valence-electron chi connectivity index (χ2n) is 3.51. The fourth-order valence-electron chi connectivity index (χ4n) is 0.963. The number of alkyl halides is 13. The molecule has 0 aliphatic heterocycles. The maximum Gasteiger partial charge on any atom is 0.438 e. The van der Waals surface area contributed by atoms with Gasteiger partial charge in [0.15, 0.2) is 0 Å². The molecular formula is C7H2F13. The molecule has 121 valence electrons. The Morgan fingerprint density at radius 2 is 0.700 bits per heavy atom. The third-order valence-electron chi connectivity index (χ3n) is 2.07. The molecule has 0 aliphatic rings. The lowest BCUT2D eigenvalue weighted by Gasteiger charge is -2.40.